The van der Waals surface area contributed by atoms with Crippen LogP contribution in [0.4, 0.5) is 5.69 Å². The van der Waals surface area contributed by atoms with Gasteiger partial charge in [0.25, 0.3) is 10.0 Å². The van der Waals surface area contributed by atoms with Crippen LogP contribution in [0.1, 0.15) is 6.92 Å². The highest BCUT2D eigenvalue weighted by Crippen LogP contribution is 2.35. The largest absolute Gasteiger partial charge is 0.497 e. The molecule has 28 heavy (non-hydrogen) atoms. The normalized spacial score (nSPS) is 10.9. The van der Waals surface area contributed by atoms with Gasteiger partial charge in [0.15, 0.2) is 0 Å². The van der Waals surface area contributed by atoms with Gasteiger partial charge in [0.2, 0.25) is 0 Å². The summed E-state index contributed by atoms with van der Waals surface area (Å²) in [6.45, 7) is 1.27. The summed E-state index contributed by atoms with van der Waals surface area (Å²) in [7, 11) is 0.285. The van der Waals surface area contributed by atoms with Gasteiger partial charge in [0, 0.05) is 6.07 Å². The van der Waals surface area contributed by atoms with Crippen LogP contribution in [0.3, 0.4) is 0 Å². The molecule has 2 aromatic carbocycles. The molecule has 0 saturated heterocycles. The Morgan fingerprint density at radius 2 is 1.54 bits per heavy atom. The van der Waals surface area contributed by atoms with E-state index in [0.29, 0.717) is 11.5 Å². The number of carbonyl (C=O) groups excluding carboxylic acids is 1. The van der Waals surface area contributed by atoms with Crippen molar-refractivity contribution in [3.63, 3.8) is 0 Å². The van der Waals surface area contributed by atoms with Crippen molar-refractivity contribution in [3.8, 4) is 17.2 Å². The lowest BCUT2D eigenvalue weighted by Gasteiger charge is -2.25. The van der Waals surface area contributed by atoms with Crippen molar-refractivity contribution < 1.29 is 32.2 Å². The third kappa shape index (κ3) is 4.66. The van der Waals surface area contributed by atoms with E-state index in [9.17, 15) is 13.2 Å². The number of methoxy groups -OCH3 is 3. The average Bonchev–Trinajstić information content (AvgIpc) is 2.71. The monoisotopic (exact) mass is 409 g/mol. The van der Waals surface area contributed by atoms with Crippen molar-refractivity contribution in [1.82, 2.24) is 0 Å². The summed E-state index contributed by atoms with van der Waals surface area (Å²) in [6.07, 6.45) is 0. The number of rotatable bonds is 9. The average molecular weight is 409 g/mol. The van der Waals surface area contributed by atoms with Crippen LogP contribution in [0.2, 0.25) is 0 Å². The molecule has 2 aromatic rings. The Labute approximate surface area is 164 Å². The Morgan fingerprint density at radius 1 is 0.929 bits per heavy atom. The number of hydrogen-bond donors (Lipinski definition) is 0. The Bertz CT molecular complexity index is 910. The maximum atomic E-state index is 13.3. The van der Waals surface area contributed by atoms with Gasteiger partial charge in [-0.25, -0.2) is 8.42 Å². The lowest BCUT2D eigenvalue weighted by molar-refractivity contribution is -0.141. The highest BCUT2D eigenvalue weighted by atomic mass is 32.2. The van der Waals surface area contributed by atoms with Gasteiger partial charge in [-0.15, -0.1) is 0 Å². The smallest absolute Gasteiger partial charge is 0.326 e. The molecule has 0 atom stereocenters. The van der Waals surface area contributed by atoms with Crippen molar-refractivity contribution in [3.05, 3.63) is 42.5 Å². The van der Waals surface area contributed by atoms with E-state index in [1.807, 2.05) is 0 Å². The van der Waals surface area contributed by atoms with Crippen molar-refractivity contribution in [1.29, 1.82) is 0 Å². The van der Waals surface area contributed by atoms with Gasteiger partial charge in [0.1, 0.15) is 23.8 Å². The van der Waals surface area contributed by atoms with Crippen LogP contribution in [-0.4, -0.2) is 48.9 Å². The van der Waals surface area contributed by atoms with Crippen LogP contribution in [0, 0.1) is 0 Å². The van der Waals surface area contributed by atoms with Crippen LogP contribution in [0.25, 0.3) is 0 Å². The predicted octanol–water partition coefficient (Wildman–Crippen LogP) is 2.47. The van der Waals surface area contributed by atoms with Gasteiger partial charge in [-0.1, -0.05) is 0 Å². The van der Waals surface area contributed by atoms with Crippen LogP contribution >= 0.6 is 0 Å². The van der Waals surface area contributed by atoms with Gasteiger partial charge >= 0.3 is 5.97 Å². The minimum Gasteiger partial charge on any atom is -0.497 e. The van der Waals surface area contributed by atoms with Crippen molar-refractivity contribution in [2.45, 2.75) is 11.8 Å². The lowest BCUT2D eigenvalue weighted by Crippen LogP contribution is -2.36. The minimum absolute atomic E-state index is 0.00419. The van der Waals surface area contributed by atoms with Crippen molar-refractivity contribution in [2.24, 2.45) is 0 Å². The fourth-order valence-electron chi connectivity index (χ4n) is 2.49. The molecule has 0 radical (unpaired) electrons. The molecule has 152 valence electrons. The molecule has 0 heterocycles. The number of carbonyl (C=O) groups is 1. The van der Waals surface area contributed by atoms with Crippen LogP contribution < -0.4 is 18.5 Å². The van der Waals surface area contributed by atoms with Gasteiger partial charge in [-0.2, -0.15) is 0 Å². The van der Waals surface area contributed by atoms with E-state index in [4.69, 9.17) is 18.9 Å². The van der Waals surface area contributed by atoms with Gasteiger partial charge < -0.3 is 18.9 Å². The number of benzene rings is 2. The molecule has 8 nitrogen and oxygen atoms in total. The molecule has 0 aliphatic heterocycles. The van der Waals surface area contributed by atoms with E-state index >= 15 is 0 Å². The number of ether oxygens (including phenoxy) is 4. The van der Waals surface area contributed by atoms with E-state index < -0.39 is 22.5 Å². The molecule has 0 bridgehead atoms. The summed E-state index contributed by atoms with van der Waals surface area (Å²) in [5.74, 6) is 0.551. The first kappa shape index (κ1) is 21.4. The molecule has 0 aliphatic carbocycles. The molecule has 2 rings (SSSR count). The van der Waals surface area contributed by atoms with Crippen molar-refractivity contribution >= 4 is 21.7 Å². The maximum absolute atomic E-state index is 13.3. The third-order valence-electron chi connectivity index (χ3n) is 3.88. The zero-order chi connectivity index (χ0) is 20.7. The second kappa shape index (κ2) is 9.32. The van der Waals surface area contributed by atoms with Crippen molar-refractivity contribution in [2.75, 3.05) is 38.8 Å². The SMILES string of the molecule is CCOC(=O)CN(c1ccc(OC)cc1OC)S(=O)(=O)c1ccc(OC)cc1. The first-order valence-corrected chi connectivity index (χ1v) is 9.85. The summed E-state index contributed by atoms with van der Waals surface area (Å²) in [6, 6.07) is 10.5. The summed E-state index contributed by atoms with van der Waals surface area (Å²) < 4.78 is 48.0. The van der Waals surface area contributed by atoms with E-state index in [2.05, 4.69) is 0 Å². The standard InChI is InChI=1S/C19H23NO7S/c1-5-27-19(21)13-20(17-11-8-15(25-3)12-18(17)26-4)28(22,23)16-9-6-14(24-2)7-10-16/h6-12H,5,13H2,1-4H3. The molecule has 0 unspecified atom stereocenters. The summed E-state index contributed by atoms with van der Waals surface area (Å²) in [5, 5.41) is 0. The molecule has 0 saturated carbocycles. The summed E-state index contributed by atoms with van der Waals surface area (Å²) in [4.78, 5) is 12.1. The quantitative estimate of drug-likeness (QED) is 0.588. The first-order valence-electron chi connectivity index (χ1n) is 8.41. The molecule has 0 fully saturated rings. The summed E-state index contributed by atoms with van der Waals surface area (Å²) in [5.41, 5.74) is 0.187. The highest BCUT2D eigenvalue weighted by Gasteiger charge is 2.30. The zero-order valence-electron chi connectivity index (χ0n) is 16.2. The zero-order valence-corrected chi connectivity index (χ0v) is 17.0. The topological polar surface area (TPSA) is 91.4 Å². The second-order valence-electron chi connectivity index (χ2n) is 5.53. The molecular formula is C19H23NO7S. The second-order valence-corrected chi connectivity index (χ2v) is 7.39. The Morgan fingerprint density at radius 3 is 2.07 bits per heavy atom. The molecule has 9 heteroatoms. The van der Waals surface area contributed by atoms with Crippen LogP contribution in [0.15, 0.2) is 47.4 Å². The molecule has 0 spiro atoms. The number of sulfonamides is 1. The van der Waals surface area contributed by atoms with Crippen LogP contribution in [-0.2, 0) is 19.6 Å². The fraction of sp³-hybridized carbons (Fsp3) is 0.316. The predicted molar refractivity (Wildman–Crippen MR) is 104 cm³/mol. The summed E-state index contributed by atoms with van der Waals surface area (Å²) >= 11 is 0. The van der Waals surface area contributed by atoms with E-state index in [1.54, 1.807) is 13.0 Å². The third-order valence-corrected chi connectivity index (χ3v) is 5.66. The number of anilines is 1. The van der Waals surface area contributed by atoms with E-state index in [1.165, 1.54) is 57.7 Å². The van der Waals surface area contributed by atoms with Gasteiger partial charge in [0.05, 0.1) is 38.5 Å². The van der Waals surface area contributed by atoms with E-state index in [0.717, 1.165) is 4.31 Å². The maximum Gasteiger partial charge on any atom is 0.326 e. The van der Waals surface area contributed by atoms with Gasteiger partial charge in [-0.05, 0) is 43.3 Å². The number of hydrogen-bond acceptors (Lipinski definition) is 7. The minimum atomic E-state index is -4.09. The number of esters is 1. The Hall–Kier alpha value is -2.94. The highest BCUT2D eigenvalue weighted by molar-refractivity contribution is 7.92. The molecule has 0 N–H and O–H groups in total. The molecule has 0 amide bonds. The lowest BCUT2D eigenvalue weighted by atomic mass is 10.2. The molecule has 0 aromatic heterocycles. The Balaban J connectivity index is 2.56. The van der Waals surface area contributed by atoms with Crippen LogP contribution in [0.5, 0.6) is 17.2 Å². The van der Waals surface area contributed by atoms with Gasteiger partial charge in [-0.3, -0.25) is 9.10 Å². The first-order chi connectivity index (χ1) is 13.4. The van der Waals surface area contributed by atoms with E-state index in [-0.39, 0.29) is 22.9 Å². The number of nitrogens with zero attached hydrogens (tertiary/aromatic N) is 1. The molecular weight excluding hydrogens is 386 g/mol. The Kier molecular flexibility index (Phi) is 7.11. The molecule has 0 aliphatic rings. The fourth-order valence-corrected chi connectivity index (χ4v) is 3.91.